The Hall–Kier alpha value is -0.510. The molecule has 0 aromatic heterocycles. The number of hydrogen-bond donors (Lipinski definition) is 2. The van der Waals surface area contributed by atoms with Crippen molar-refractivity contribution in [2.24, 2.45) is 5.92 Å². The first-order valence-electron chi connectivity index (χ1n) is 6.76. The van der Waals surface area contributed by atoms with Crippen LogP contribution in [-0.2, 0) is 6.54 Å². The standard InChI is InChI=1S/C15H26N2S/c1-13(2)11-16-9-4-10-17-12-14-5-7-15(18-3)8-6-14/h5-8,13,16-17H,4,9-12H2,1-3H3. The summed E-state index contributed by atoms with van der Waals surface area (Å²) in [6, 6.07) is 8.78. The highest BCUT2D eigenvalue weighted by Crippen LogP contribution is 2.14. The van der Waals surface area contributed by atoms with Crippen LogP contribution in [0.4, 0.5) is 0 Å². The molecule has 3 heteroatoms. The number of benzene rings is 1. The summed E-state index contributed by atoms with van der Waals surface area (Å²) in [4.78, 5) is 1.33. The lowest BCUT2D eigenvalue weighted by atomic mass is 10.2. The molecule has 0 fully saturated rings. The Balaban J connectivity index is 2.03. The summed E-state index contributed by atoms with van der Waals surface area (Å²) in [5.74, 6) is 0.743. The van der Waals surface area contributed by atoms with Crippen LogP contribution in [0.25, 0.3) is 0 Å². The Bertz CT molecular complexity index is 309. The van der Waals surface area contributed by atoms with Gasteiger partial charge in [-0.2, -0.15) is 0 Å². The van der Waals surface area contributed by atoms with E-state index in [0.29, 0.717) is 0 Å². The summed E-state index contributed by atoms with van der Waals surface area (Å²) in [7, 11) is 0. The fourth-order valence-corrected chi connectivity index (χ4v) is 2.11. The van der Waals surface area contributed by atoms with Crippen molar-refractivity contribution in [2.75, 3.05) is 25.9 Å². The molecule has 0 aliphatic carbocycles. The molecule has 0 spiro atoms. The van der Waals surface area contributed by atoms with Crippen LogP contribution < -0.4 is 10.6 Å². The maximum atomic E-state index is 3.48. The van der Waals surface area contributed by atoms with Gasteiger partial charge in [0.25, 0.3) is 0 Å². The van der Waals surface area contributed by atoms with Gasteiger partial charge in [-0.05, 0) is 55.9 Å². The molecule has 2 N–H and O–H groups in total. The van der Waals surface area contributed by atoms with Gasteiger partial charge in [-0.3, -0.25) is 0 Å². The van der Waals surface area contributed by atoms with Gasteiger partial charge in [0.2, 0.25) is 0 Å². The van der Waals surface area contributed by atoms with E-state index in [1.165, 1.54) is 16.9 Å². The molecule has 0 amide bonds. The zero-order chi connectivity index (χ0) is 13.2. The van der Waals surface area contributed by atoms with Crippen molar-refractivity contribution in [1.29, 1.82) is 0 Å². The first-order valence-corrected chi connectivity index (χ1v) is 7.99. The summed E-state index contributed by atoms with van der Waals surface area (Å²) < 4.78 is 0. The van der Waals surface area contributed by atoms with Gasteiger partial charge in [-0.1, -0.05) is 26.0 Å². The zero-order valence-corrected chi connectivity index (χ0v) is 12.6. The second kappa shape index (κ2) is 9.42. The Morgan fingerprint density at radius 2 is 1.72 bits per heavy atom. The molecule has 0 aliphatic rings. The molecular formula is C15H26N2S. The molecule has 0 saturated carbocycles. The lowest BCUT2D eigenvalue weighted by Gasteiger charge is -2.08. The minimum absolute atomic E-state index is 0.743. The predicted molar refractivity (Wildman–Crippen MR) is 82.3 cm³/mol. The molecule has 0 atom stereocenters. The molecule has 0 radical (unpaired) electrons. The Morgan fingerprint density at radius 3 is 2.33 bits per heavy atom. The molecule has 18 heavy (non-hydrogen) atoms. The zero-order valence-electron chi connectivity index (χ0n) is 11.8. The summed E-state index contributed by atoms with van der Waals surface area (Å²) in [5.41, 5.74) is 1.36. The molecule has 0 bridgehead atoms. The monoisotopic (exact) mass is 266 g/mol. The van der Waals surface area contributed by atoms with E-state index in [-0.39, 0.29) is 0 Å². The molecule has 102 valence electrons. The average Bonchev–Trinajstić information content (AvgIpc) is 2.38. The van der Waals surface area contributed by atoms with E-state index in [1.807, 2.05) is 0 Å². The Kier molecular flexibility index (Phi) is 8.14. The Morgan fingerprint density at radius 1 is 1.06 bits per heavy atom. The second-order valence-corrected chi connectivity index (χ2v) is 5.86. The summed E-state index contributed by atoms with van der Waals surface area (Å²) in [6.45, 7) is 8.76. The van der Waals surface area contributed by atoms with Gasteiger partial charge in [0.05, 0.1) is 0 Å². The highest BCUT2D eigenvalue weighted by molar-refractivity contribution is 7.98. The second-order valence-electron chi connectivity index (χ2n) is 4.98. The van der Waals surface area contributed by atoms with Crippen LogP contribution in [0.5, 0.6) is 0 Å². The fraction of sp³-hybridized carbons (Fsp3) is 0.600. The van der Waals surface area contributed by atoms with Gasteiger partial charge in [0.1, 0.15) is 0 Å². The molecule has 0 unspecified atom stereocenters. The third-order valence-corrected chi connectivity index (χ3v) is 3.49. The summed E-state index contributed by atoms with van der Waals surface area (Å²) in [6.07, 6.45) is 3.30. The Labute approximate surface area is 116 Å². The third kappa shape index (κ3) is 7.04. The van der Waals surface area contributed by atoms with Crippen molar-refractivity contribution < 1.29 is 0 Å². The van der Waals surface area contributed by atoms with Crippen molar-refractivity contribution in [2.45, 2.75) is 31.7 Å². The summed E-state index contributed by atoms with van der Waals surface area (Å²) >= 11 is 1.79. The van der Waals surface area contributed by atoms with Crippen LogP contribution in [-0.4, -0.2) is 25.9 Å². The van der Waals surface area contributed by atoms with Crippen molar-refractivity contribution in [3.05, 3.63) is 29.8 Å². The van der Waals surface area contributed by atoms with Gasteiger partial charge in [0, 0.05) is 11.4 Å². The van der Waals surface area contributed by atoms with Crippen molar-refractivity contribution >= 4 is 11.8 Å². The minimum atomic E-state index is 0.743. The molecule has 0 saturated heterocycles. The maximum absolute atomic E-state index is 3.48. The largest absolute Gasteiger partial charge is 0.316 e. The van der Waals surface area contributed by atoms with Crippen LogP contribution in [0.15, 0.2) is 29.2 Å². The smallest absolute Gasteiger partial charge is 0.0205 e. The van der Waals surface area contributed by atoms with Crippen LogP contribution >= 0.6 is 11.8 Å². The van der Waals surface area contributed by atoms with Crippen LogP contribution in [0.3, 0.4) is 0 Å². The number of nitrogens with one attached hydrogen (secondary N) is 2. The molecule has 0 aliphatic heterocycles. The fourth-order valence-electron chi connectivity index (χ4n) is 1.71. The quantitative estimate of drug-likeness (QED) is 0.530. The van der Waals surface area contributed by atoms with Gasteiger partial charge < -0.3 is 10.6 Å². The lowest BCUT2D eigenvalue weighted by molar-refractivity contribution is 0.530. The molecule has 1 aromatic carbocycles. The minimum Gasteiger partial charge on any atom is -0.316 e. The van der Waals surface area contributed by atoms with Crippen LogP contribution in [0.2, 0.25) is 0 Å². The molecular weight excluding hydrogens is 240 g/mol. The van der Waals surface area contributed by atoms with Crippen molar-refractivity contribution in [3.63, 3.8) is 0 Å². The first-order chi connectivity index (χ1) is 8.72. The normalized spacial score (nSPS) is 11.1. The van der Waals surface area contributed by atoms with E-state index in [4.69, 9.17) is 0 Å². The van der Waals surface area contributed by atoms with E-state index >= 15 is 0 Å². The van der Waals surface area contributed by atoms with Crippen molar-refractivity contribution in [3.8, 4) is 0 Å². The predicted octanol–water partition coefficient (Wildman–Crippen LogP) is 3.13. The molecule has 2 nitrogen and oxygen atoms in total. The van der Waals surface area contributed by atoms with Gasteiger partial charge in [-0.15, -0.1) is 11.8 Å². The topological polar surface area (TPSA) is 24.1 Å². The van der Waals surface area contributed by atoms with Crippen molar-refractivity contribution in [1.82, 2.24) is 10.6 Å². The number of thioether (sulfide) groups is 1. The third-order valence-electron chi connectivity index (χ3n) is 2.75. The molecule has 1 rings (SSSR count). The van der Waals surface area contributed by atoms with E-state index in [9.17, 15) is 0 Å². The number of rotatable bonds is 9. The van der Waals surface area contributed by atoms with E-state index in [0.717, 1.165) is 32.1 Å². The molecule has 1 aromatic rings. The van der Waals surface area contributed by atoms with Gasteiger partial charge >= 0.3 is 0 Å². The van der Waals surface area contributed by atoms with Gasteiger partial charge in [0.15, 0.2) is 0 Å². The van der Waals surface area contributed by atoms with Crippen LogP contribution in [0.1, 0.15) is 25.8 Å². The van der Waals surface area contributed by atoms with E-state index in [2.05, 4.69) is 55.0 Å². The van der Waals surface area contributed by atoms with Crippen LogP contribution in [0, 0.1) is 5.92 Å². The van der Waals surface area contributed by atoms with E-state index < -0.39 is 0 Å². The lowest BCUT2D eigenvalue weighted by Crippen LogP contribution is -2.24. The highest BCUT2D eigenvalue weighted by Gasteiger charge is 1.95. The SMILES string of the molecule is CSc1ccc(CNCCCNCC(C)C)cc1. The highest BCUT2D eigenvalue weighted by atomic mass is 32.2. The molecule has 0 heterocycles. The first kappa shape index (κ1) is 15.5. The average molecular weight is 266 g/mol. The van der Waals surface area contributed by atoms with E-state index in [1.54, 1.807) is 11.8 Å². The maximum Gasteiger partial charge on any atom is 0.0205 e. The van der Waals surface area contributed by atoms with Gasteiger partial charge in [-0.25, -0.2) is 0 Å². The summed E-state index contributed by atoms with van der Waals surface area (Å²) in [5, 5.41) is 6.94. The number of hydrogen-bond acceptors (Lipinski definition) is 3.